The highest BCUT2D eigenvalue weighted by atomic mass is 32.2. The molecule has 2 aromatic carbocycles. The molecule has 1 amide bonds. The summed E-state index contributed by atoms with van der Waals surface area (Å²) in [5.74, 6) is -1.56. The molecule has 2 aromatic rings. The van der Waals surface area contributed by atoms with Crippen LogP contribution in [0, 0.1) is 0 Å². The number of cyclic esters (lactones) is 1. The topological polar surface area (TPSA) is 107 Å². The average molecular weight is 500 g/mol. The van der Waals surface area contributed by atoms with E-state index in [0.29, 0.717) is 30.4 Å². The lowest BCUT2D eigenvalue weighted by Crippen LogP contribution is -2.48. The van der Waals surface area contributed by atoms with Crippen LogP contribution in [0.5, 0.6) is 0 Å². The molecular weight excluding hydrogens is 470 g/mol. The van der Waals surface area contributed by atoms with Gasteiger partial charge in [0.2, 0.25) is 0 Å². The lowest BCUT2D eigenvalue weighted by atomic mass is 9.93. The number of carbonyl (C=O) groups excluding carboxylic acids is 3. The highest BCUT2D eigenvalue weighted by Gasteiger charge is 2.37. The summed E-state index contributed by atoms with van der Waals surface area (Å²) < 4.78 is 34.7. The van der Waals surface area contributed by atoms with Gasteiger partial charge in [0, 0.05) is 18.5 Å². The van der Waals surface area contributed by atoms with Crippen molar-refractivity contribution in [3.63, 3.8) is 0 Å². The second kappa shape index (κ2) is 10.2. The standard InChI is InChI=1S/C26H29NO7S/c1-3-17(2)27(21-11-12-35(31,32)16-21)24(28)15-33-25(29)19-9-10-22-20(13-19)14-23(34-26(22)30)18-7-5-4-6-8-18/h4-10,13,17,21,23H,3,11-12,14-16H2,1-2H3. The second-order valence-electron chi connectivity index (χ2n) is 9.07. The first-order valence-electron chi connectivity index (χ1n) is 11.8. The van der Waals surface area contributed by atoms with Crippen LogP contribution in [0.1, 0.15) is 64.6 Å². The van der Waals surface area contributed by atoms with E-state index in [0.717, 1.165) is 5.56 Å². The minimum Gasteiger partial charge on any atom is -0.454 e. The molecule has 2 heterocycles. The van der Waals surface area contributed by atoms with E-state index in [1.165, 1.54) is 12.1 Å². The fraction of sp³-hybridized carbons (Fsp3) is 0.423. The van der Waals surface area contributed by atoms with Gasteiger partial charge in [-0.1, -0.05) is 37.3 Å². The van der Waals surface area contributed by atoms with Crippen LogP contribution < -0.4 is 0 Å². The summed E-state index contributed by atoms with van der Waals surface area (Å²) in [6.07, 6.45) is 1.01. The second-order valence-corrected chi connectivity index (χ2v) is 11.3. The Hall–Kier alpha value is -3.20. The van der Waals surface area contributed by atoms with E-state index in [1.807, 2.05) is 44.2 Å². The minimum absolute atomic E-state index is 0.0548. The predicted octanol–water partition coefficient (Wildman–Crippen LogP) is 3.11. The van der Waals surface area contributed by atoms with Gasteiger partial charge in [-0.25, -0.2) is 18.0 Å². The monoisotopic (exact) mass is 499 g/mol. The molecule has 1 saturated heterocycles. The van der Waals surface area contributed by atoms with E-state index in [-0.39, 0.29) is 23.1 Å². The van der Waals surface area contributed by atoms with Crippen molar-refractivity contribution in [3.8, 4) is 0 Å². The van der Waals surface area contributed by atoms with Crippen LogP contribution in [0.2, 0.25) is 0 Å². The molecule has 0 N–H and O–H groups in total. The van der Waals surface area contributed by atoms with Crippen LogP contribution in [0.4, 0.5) is 0 Å². The van der Waals surface area contributed by atoms with Crippen LogP contribution in [0.25, 0.3) is 0 Å². The number of ether oxygens (including phenoxy) is 2. The lowest BCUT2D eigenvalue weighted by Gasteiger charge is -2.33. The number of carbonyl (C=O) groups is 3. The molecule has 0 aliphatic carbocycles. The lowest BCUT2D eigenvalue weighted by molar-refractivity contribution is -0.138. The third-order valence-corrected chi connectivity index (χ3v) is 8.42. The summed E-state index contributed by atoms with van der Waals surface area (Å²) in [7, 11) is -3.17. The summed E-state index contributed by atoms with van der Waals surface area (Å²) in [6.45, 7) is 3.29. The van der Waals surface area contributed by atoms with Crippen molar-refractivity contribution < 1.29 is 32.3 Å². The number of amides is 1. The molecule has 2 aliphatic heterocycles. The number of nitrogens with zero attached hydrogens (tertiary/aromatic N) is 1. The van der Waals surface area contributed by atoms with Crippen molar-refractivity contribution in [3.05, 3.63) is 70.8 Å². The SMILES string of the molecule is CCC(C)N(C(=O)COC(=O)c1ccc2c(c1)CC(c1ccccc1)OC2=O)C1CCS(=O)(=O)C1. The van der Waals surface area contributed by atoms with E-state index < -0.39 is 46.4 Å². The molecular formula is C26H29NO7S. The van der Waals surface area contributed by atoms with Crippen LogP contribution in [0.15, 0.2) is 48.5 Å². The zero-order valence-electron chi connectivity index (χ0n) is 19.8. The first kappa shape index (κ1) is 24.9. The molecule has 0 saturated carbocycles. The molecule has 35 heavy (non-hydrogen) atoms. The Morgan fingerprint density at radius 1 is 1.17 bits per heavy atom. The summed E-state index contributed by atoms with van der Waals surface area (Å²) in [4.78, 5) is 39.7. The van der Waals surface area contributed by atoms with Crippen molar-refractivity contribution in [1.29, 1.82) is 0 Å². The number of sulfone groups is 1. The molecule has 3 atom stereocenters. The Morgan fingerprint density at radius 2 is 1.91 bits per heavy atom. The zero-order valence-corrected chi connectivity index (χ0v) is 20.6. The summed E-state index contributed by atoms with van der Waals surface area (Å²) in [5.41, 5.74) is 2.17. The molecule has 4 rings (SSSR count). The number of hydrogen-bond acceptors (Lipinski definition) is 7. The molecule has 9 heteroatoms. The number of benzene rings is 2. The van der Waals surface area contributed by atoms with Gasteiger partial charge in [-0.3, -0.25) is 4.79 Å². The average Bonchev–Trinajstić information content (AvgIpc) is 3.21. The number of rotatable bonds is 7. The molecule has 1 fully saturated rings. The normalized spacial score (nSPS) is 21.5. The summed E-state index contributed by atoms with van der Waals surface area (Å²) in [6, 6.07) is 13.4. The smallest absolute Gasteiger partial charge is 0.339 e. The molecule has 2 aliphatic rings. The Bertz CT molecular complexity index is 1230. The largest absolute Gasteiger partial charge is 0.454 e. The Labute approximate surface area is 205 Å². The van der Waals surface area contributed by atoms with Crippen molar-refractivity contribution in [2.45, 2.75) is 51.3 Å². The third kappa shape index (κ3) is 5.56. The van der Waals surface area contributed by atoms with Crippen molar-refractivity contribution in [2.24, 2.45) is 0 Å². The molecule has 0 spiro atoms. The number of hydrogen-bond donors (Lipinski definition) is 0. The van der Waals surface area contributed by atoms with E-state index in [2.05, 4.69) is 0 Å². The highest BCUT2D eigenvalue weighted by molar-refractivity contribution is 7.91. The van der Waals surface area contributed by atoms with Gasteiger partial charge >= 0.3 is 11.9 Å². The van der Waals surface area contributed by atoms with Crippen molar-refractivity contribution in [2.75, 3.05) is 18.1 Å². The maximum atomic E-state index is 12.9. The molecule has 0 aromatic heterocycles. The fourth-order valence-electron chi connectivity index (χ4n) is 4.66. The molecule has 0 radical (unpaired) electrons. The van der Waals surface area contributed by atoms with Gasteiger partial charge in [-0.05, 0) is 49.1 Å². The van der Waals surface area contributed by atoms with Crippen LogP contribution >= 0.6 is 0 Å². The van der Waals surface area contributed by atoms with Gasteiger partial charge < -0.3 is 14.4 Å². The quantitative estimate of drug-likeness (QED) is 0.539. The maximum absolute atomic E-state index is 12.9. The first-order valence-corrected chi connectivity index (χ1v) is 13.6. The van der Waals surface area contributed by atoms with E-state index >= 15 is 0 Å². The minimum atomic E-state index is -3.17. The summed E-state index contributed by atoms with van der Waals surface area (Å²) >= 11 is 0. The molecule has 186 valence electrons. The third-order valence-electron chi connectivity index (χ3n) is 6.67. The van der Waals surface area contributed by atoms with Crippen molar-refractivity contribution in [1.82, 2.24) is 4.90 Å². The fourth-order valence-corrected chi connectivity index (χ4v) is 6.37. The predicted molar refractivity (Wildman–Crippen MR) is 129 cm³/mol. The van der Waals surface area contributed by atoms with Gasteiger partial charge in [0.05, 0.1) is 22.6 Å². The number of fused-ring (bicyclic) bond motifs is 1. The number of esters is 2. The van der Waals surface area contributed by atoms with Gasteiger partial charge in [0.15, 0.2) is 16.4 Å². The Morgan fingerprint density at radius 3 is 2.57 bits per heavy atom. The van der Waals surface area contributed by atoms with E-state index in [9.17, 15) is 22.8 Å². The first-order chi connectivity index (χ1) is 16.7. The van der Waals surface area contributed by atoms with Gasteiger partial charge in [-0.15, -0.1) is 0 Å². The van der Waals surface area contributed by atoms with Gasteiger partial charge in [0.25, 0.3) is 5.91 Å². The molecule has 8 nitrogen and oxygen atoms in total. The zero-order chi connectivity index (χ0) is 25.2. The highest BCUT2D eigenvalue weighted by Crippen LogP contribution is 2.31. The van der Waals surface area contributed by atoms with Crippen LogP contribution in [-0.4, -0.2) is 61.4 Å². The van der Waals surface area contributed by atoms with Crippen LogP contribution in [-0.2, 0) is 30.5 Å². The Balaban J connectivity index is 1.45. The summed E-state index contributed by atoms with van der Waals surface area (Å²) in [5, 5.41) is 0. The van der Waals surface area contributed by atoms with Gasteiger partial charge in [-0.2, -0.15) is 0 Å². The maximum Gasteiger partial charge on any atom is 0.339 e. The van der Waals surface area contributed by atoms with Crippen molar-refractivity contribution >= 4 is 27.7 Å². The van der Waals surface area contributed by atoms with E-state index in [4.69, 9.17) is 9.47 Å². The molecule has 0 bridgehead atoms. The van der Waals surface area contributed by atoms with Gasteiger partial charge in [0.1, 0.15) is 6.10 Å². The molecule has 3 unspecified atom stereocenters. The van der Waals surface area contributed by atoms with E-state index in [1.54, 1.807) is 11.0 Å². The van der Waals surface area contributed by atoms with Crippen LogP contribution in [0.3, 0.4) is 0 Å². The Kier molecular flexibility index (Phi) is 7.25.